The first-order valence-corrected chi connectivity index (χ1v) is 11.8. The van der Waals surface area contributed by atoms with Gasteiger partial charge in [0.15, 0.2) is 6.61 Å². The minimum Gasteiger partial charge on any atom is -0.482 e. The lowest BCUT2D eigenvalue weighted by molar-refractivity contribution is -0.123. The van der Waals surface area contributed by atoms with Gasteiger partial charge in [0.1, 0.15) is 5.75 Å². The third-order valence-corrected chi connectivity index (χ3v) is 6.09. The van der Waals surface area contributed by atoms with Gasteiger partial charge in [-0.15, -0.1) is 0 Å². The van der Waals surface area contributed by atoms with Gasteiger partial charge in [-0.05, 0) is 49.4 Å². The van der Waals surface area contributed by atoms with Crippen LogP contribution in [0.3, 0.4) is 0 Å². The molecule has 30 heavy (non-hydrogen) atoms. The molecule has 0 aromatic heterocycles. The smallest absolute Gasteiger partial charge is 0.258 e. The van der Waals surface area contributed by atoms with E-state index in [-0.39, 0.29) is 40.1 Å². The molecule has 2 N–H and O–H groups in total. The Labute approximate surface area is 184 Å². The molecule has 0 aliphatic carbocycles. The Bertz CT molecular complexity index is 933. The fourth-order valence-corrected chi connectivity index (χ4v) is 4.22. The number of amides is 1. The number of nitrogens with one attached hydrogen (secondary N) is 2. The summed E-state index contributed by atoms with van der Waals surface area (Å²) in [5.41, 5.74) is 1.22. The largest absolute Gasteiger partial charge is 0.482 e. The van der Waals surface area contributed by atoms with Crippen LogP contribution in [0.4, 0.5) is 0 Å². The Morgan fingerprint density at radius 1 is 1.10 bits per heavy atom. The molecule has 0 aliphatic rings. The predicted octanol–water partition coefficient (Wildman–Crippen LogP) is 3.79. The van der Waals surface area contributed by atoms with Gasteiger partial charge < -0.3 is 10.1 Å². The highest BCUT2D eigenvalue weighted by atomic mass is 35.5. The molecule has 0 unspecified atom stereocenters. The van der Waals surface area contributed by atoms with Crippen molar-refractivity contribution < 1.29 is 17.9 Å². The van der Waals surface area contributed by atoms with E-state index in [4.69, 9.17) is 16.3 Å². The topological polar surface area (TPSA) is 84.5 Å². The molecular weight excluding hydrogens is 424 g/mol. The van der Waals surface area contributed by atoms with Crippen LogP contribution in [-0.2, 0) is 21.2 Å². The van der Waals surface area contributed by atoms with Crippen LogP contribution in [0.2, 0.25) is 5.02 Å². The van der Waals surface area contributed by atoms with Crippen molar-refractivity contribution in [2.24, 2.45) is 5.92 Å². The van der Waals surface area contributed by atoms with Crippen LogP contribution < -0.4 is 14.8 Å². The highest BCUT2D eigenvalue weighted by molar-refractivity contribution is 7.89. The number of hydrogen-bond acceptors (Lipinski definition) is 4. The summed E-state index contributed by atoms with van der Waals surface area (Å²) in [4.78, 5) is 12.2. The lowest BCUT2D eigenvalue weighted by Crippen LogP contribution is -2.36. The highest BCUT2D eigenvalue weighted by Gasteiger charge is 2.17. The number of ether oxygens (including phenoxy) is 1. The minimum atomic E-state index is -3.64. The summed E-state index contributed by atoms with van der Waals surface area (Å²) in [7, 11) is -3.64. The van der Waals surface area contributed by atoms with E-state index in [1.165, 1.54) is 23.8 Å². The van der Waals surface area contributed by atoms with Gasteiger partial charge in [0, 0.05) is 12.6 Å². The number of sulfonamides is 1. The van der Waals surface area contributed by atoms with E-state index in [9.17, 15) is 13.2 Å². The molecule has 1 atom stereocenters. The second-order valence-electron chi connectivity index (χ2n) is 7.62. The third kappa shape index (κ3) is 7.97. The molecule has 0 spiro atoms. The van der Waals surface area contributed by atoms with Gasteiger partial charge in [-0.25, -0.2) is 13.1 Å². The number of aryl methyl sites for hydroxylation is 1. The summed E-state index contributed by atoms with van der Waals surface area (Å²) >= 11 is 6.16. The van der Waals surface area contributed by atoms with Crippen molar-refractivity contribution in [1.29, 1.82) is 0 Å². The van der Waals surface area contributed by atoms with Crippen molar-refractivity contribution in [3.05, 3.63) is 59.1 Å². The summed E-state index contributed by atoms with van der Waals surface area (Å²) in [5, 5.41) is 3.02. The van der Waals surface area contributed by atoms with Crippen LogP contribution in [-0.4, -0.2) is 33.5 Å². The van der Waals surface area contributed by atoms with Gasteiger partial charge in [0.2, 0.25) is 10.0 Å². The molecule has 2 rings (SSSR count). The standard InChI is InChI=1S/C22H29ClN2O4S/c1-16(2)14-24-30(27,28)19-11-12-21(20(23)13-19)29-15-22(26)25-17(3)9-10-18-7-5-4-6-8-18/h4-8,11-13,16-17,24H,9-10,14-15H2,1-3H3,(H,25,26)/t17-/m1/s1. The lowest BCUT2D eigenvalue weighted by atomic mass is 10.1. The van der Waals surface area contributed by atoms with Gasteiger partial charge in [0.05, 0.1) is 9.92 Å². The van der Waals surface area contributed by atoms with Crippen LogP contribution in [0.25, 0.3) is 0 Å². The van der Waals surface area contributed by atoms with E-state index < -0.39 is 10.0 Å². The van der Waals surface area contributed by atoms with E-state index in [1.807, 2.05) is 39.0 Å². The minimum absolute atomic E-state index is 0.00340. The lowest BCUT2D eigenvalue weighted by Gasteiger charge is -2.15. The molecule has 0 radical (unpaired) electrons. The molecule has 1 amide bonds. The summed E-state index contributed by atoms with van der Waals surface area (Å²) in [5.74, 6) is 0.181. The number of halogens is 1. The normalized spacial score (nSPS) is 12.6. The molecule has 164 valence electrons. The summed E-state index contributed by atoms with van der Waals surface area (Å²) in [6, 6.07) is 14.3. The maximum atomic E-state index is 12.3. The Morgan fingerprint density at radius 2 is 1.80 bits per heavy atom. The van der Waals surface area contributed by atoms with Gasteiger partial charge in [-0.1, -0.05) is 55.8 Å². The molecular formula is C22H29ClN2O4S. The van der Waals surface area contributed by atoms with Crippen LogP contribution in [0.5, 0.6) is 5.75 Å². The molecule has 0 heterocycles. The zero-order chi connectivity index (χ0) is 22.1. The number of hydrogen-bond donors (Lipinski definition) is 2. The molecule has 2 aromatic carbocycles. The van der Waals surface area contributed by atoms with E-state index in [1.54, 1.807) is 0 Å². The Balaban J connectivity index is 1.84. The quantitative estimate of drug-likeness (QED) is 0.543. The molecule has 2 aromatic rings. The summed E-state index contributed by atoms with van der Waals surface area (Å²) in [6.07, 6.45) is 1.68. The number of benzene rings is 2. The molecule has 8 heteroatoms. The molecule has 0 bridgehead atoms. The Kier molecular flexibility index (Phi) is 9.14. The average molecular weight is 453 g/mol. The second-order valence-corrected chi connectivity index (χ2v) is 9.79. The monoisotopic (exact) mass is 452 g/mol. The zero-order valence-corrected chi connectivity index (χ0v) is 19.1. The van der Waals surface area contributed by atoms with Gasteiger partial charge in [0.25, 0.3) is 5.91 Å². The number of rotatable bonds is 11. The number of carbonyl (C=O) groups excluding carboxylic acids is 1. The first kappa shape index (κ1) is 24.2. The SMILES string of the molecule is CC(C)CNS(=O)(=O)c1ccc(OCC(=O)N[C@H](C)CCc2ccccc2)c(Cl)c1. The van der Waals surface area contributed by atoms with Crippen molar-refractivity contribution in [1.82, 2.24) is 10.0 Å². The highest BCUT2D eigenvalue weighted by Crippen LogP contribution is 2.27. The van der Waals surface area contributed by atoms with Crippen molar-refractivity contribution in [2.45, 2.75) is 44.6 Å². The number of carbonyl (C=O) groups is 1. The molecule has 0 saturated heterocycles. The Hall–Kier alpha value is -2.09. The average Bonchev–Trinajstić information content (AvgIpc) is 2.70. The maximum Gasteiger partial charge on any atom is 0.258 e. The summed E-state index contributed by atoms with van der Waals surface area (Å²) in [6.45, 7) is 5.91. The first-order valence-electron chi connectivity index (χ1n) is 9.92. The van der Waals surface area contributed by atoms with Crippen LogP contribution in [0, 0.1) is 5.92 Å². The third-order valence-electron chi connectivity index (χ3n) is 4.37. The van der Waals surface area contributed by atoms with Crippen LogP contribution >= 0.6 is 11.6 Å². The van der Waals surface area contributed by atoms with Crippen LogP contribution in [0.15, 0.2) is 53.4 Å². The van der Waals surface area contributed by atoms with Crippen LogP contribution in [0.1, 0.15) is 32.8 Å². The predicted molar refractivity (Wildman–Crippen MR) is 119 cm³/mol. The zero-order valence-electron chi connectivity index (χ0n) is 17.5. The van der Waals surface area contributed by atoms with Crippen molar-refractivity contribution in [3.8, 4) is 5.75 Å². The van der Waals surface area contributed by atoms with E-state index >= 15 is 0 Å². The van der Waals surface area contributed by atoms with Gasteiger partial charge in [-0.2, -0.15) is 0 Å². The second kappa shape index (κ2) is 11.3. The first-order chi connectivity index (χ1) is 14.2. The van der Waals surface area contributed by atoms with Gasteiger partial charge in [-0.3, -0.25) is 4.79 Å². The van der Waals surface area contributed by atoms with Crippen molar-refractivity contribution >= 4 is 27.5 Å². The van der Waals surface area contributed by atoms with Crippen molar-refractivity contribution in [2.75, 3.05) is 13.2 Å². The molecule has 0 fully saturated rings. The Morgan fingerprint density at radius 3 is 2.43 bits per heavy atom. The van der Waals surface area contributed by atoms with E-state index in [0.29, 0.717) is 6.54 Å². The fourth-order valence-electron chi connectivity index (χ4n) is 2.69. The molecule has 0 saturated carbocycles. The maximum absolute atomic E-state index is 12.3. The fraction of sp³-hybridized carbons (Fsp3) is 0.409. The summed E-state index contributed by atoms with van der Waals surface area (Å²) < 4.78 is 32.5. The van der Waals surface area contributed by atoms with E-state index in [0.717, 1.165) is 12.8 Å². The molecule has 6 nitrogen and oxygen atoms in total. The molecule has 0 aliphatic heterocycles. The van der Waals surface area contributed by atoms with Crippen molar-refractivity contribution in [3.63, 3.8) is 0 Å². The van der Waals surface area contributed by atoms with E-state index in [2.05, 4.69) is 22.2 Å². The van der Waals surface area contributed by atoms with Gasteiger partial charge >= 0.3 is 0 Å².